The highest BCUT2D eigenvalue weighted by Crippen LogP contribution is 2.41. The highest BCUT2D eigenvalue weighted by molar-refractivity contribution is 7.25. The minimum Gasteiger partial charge on any atom is -0.309 e. The topological polar surface area (TPSA) is 48.5 Å². The zero-order chi connectivity index (χ0) is 37.5. The first-order chi connectivity index (χ1) is 28.2. The SMILES string of the molecule is C1=CC(c2nc(-c3ccccc3)nc(-n3c4ccccc4c4cc5c(cc43)c3ccccc3n5-c3cccc(-c4ccc5sc6ccccc6c5c4)c3)n2)=CCC1. The molecule has 1 aliphatic carbocycles. The van der Waals surface area contributed by atoms with Crippen molar-refractivity contribution in [3.63, 3.8) is 0 Å². The summed E-state index contributed by atoms with van der Waals surface area (Å²) in [4.78, 5) is 15.4. The Morgan fingerprint density at radius 1 is 0.421 bits per heavy atom. The normalized spacial score (nSPS) is 13.2. The number of allylic oxidation sites excluding steroid dienone is 4. The molecule has 0 N–H and O–H groups in total. The Balaban J connectivity index is 1.09. The molecule has 4 aromatic heterocycles. The maximum atomic E-state index is 5.21. The molecule has 7 aromatic carbocycles. The number of nitrogens with zero attached hydrogens (tertiary/aromatic N) is 5. The second-order valence-electron chi connectivity index (χ2n) is 14.7. The summed E-state index contributed by atoms with van der Waals surface area (Å²) in [6.07, 6.45) is 8.56. The van der Waals surface area contributed by atoms with Crippen molar-refractivity contribution in [3.8, 4) is 34.2 Å². The minimum atomic E-state index is 0.607. The number of thiophene rings is 1. The standard InChI is InChI=1S/C51H33N5S/c1-3-14-32(15-4-1)49-52-50(33-16-5-2-6-17-33)54-51(53-49)56-44-24-11-8-21-38(44)41-30-45-40(31-46(41)56)37-20-7-10-23-43(37)55(45)36-19-13-18-34(28-36)35-26-27-48-42(29-35)39-22-9-12-25-47(39)57-48/h1,3-5,7-31H,2,6H2. The van der Waals surface area contributed by atoms with Crippen LogP contribution in [-0.4, -0.2) is 24.1 Å². The molecule has 57 heavy (non-hydrogen) atoms. The lowest BCUT2D eigenvalue weighted by molar-refractivity contribution is 0.928. The largest absolute Gasteiger partial charge is 0.309 e. The fraction of sp³-hybridized carbons (Fsp3) is 0.0392. The molecular weight excluding hydrogens is 715 g/mol. The molecule has 0 fully saturated rings. The summed E-state index contributed by atoms with van der Waals surface area (Å²) < 4.78 is 7.29. The Hall–Kier alpha value is -7.15. The van der Waals surface area contributed by atoms with Crippen LogP contribution in [0.3, 0.4) is 0 Å². The van der Waals surface area contributed by atoms with Gasteiger partial charge in [0.1, 0.15) is 0 Å². The van der Waals surface area contributed by atoms with Crippen LogP contribution in [0.25, 0.3) is 104 Å². The van der Waals surface area contributed by atoms with Gasteiger partial charge in [-0.2, -0.15) is 9.97 Å². The average molecular weight is 748 g/mol. The molecule has 11 aromatic rings. The van der Waals surface area contributed by atoms with Crippen LogP contribution in [-0.2, 0) is 0 Å². The van der Waals surface area contributed by atoms with Crippen molar-refractivity contribution >= 4 is 80.7 Å². The third-order valence-electron chi connectivity index (χ3n) is 11.4. The van der Waals surface area contributed by atoms with E-state index in [9.17, 15) is 0 Å². The van der Waals surface area contributed by atoms with E-state index in [-0.39, 0.29) is 0 Å². The summed E-state index contributed by atoms with van der Waals surface area (Å²) in [7, 11) is 0. The molecule has 0 atom stereocenters. The maximum Gasteiger partial charge on any atom is 0.238 e. The first-order valence-corrected chi connectivity index (χ1v) is 20.2. The first-order valence-electron chi connectivity index (χ1n) is 19.4. The van der Waals surface area contributed by atoms with Gasteiger partial charge in [-0.15, -0.1) is 11.3 Å². The molecule has 12 rings (SSSR count). The van der Waals surface area contributed by atoms with Gasteiger partial charge in [0.2, 0.25) is 5.95 Å². The number of hydrogen-bond donors (Lipinski definition) is 0. The molecule has 268 valence electrons. The zero-order valence-corrected chi connectivity index (χ0v) is 31.6. The van der Waals surface area contributed by atoms with E-state index >= 15 is 0 Å². The van der Waals surface area contributed by atoms with Crippen LogP contribution in [0, 0.1) is 0 Å². The van der Waals surface area contributed by atoms with Crippen molar-refractivity contribution < 1.29 is 0 Å². The highest BCUT2D eigenvalue weighted by atomic mass is 32.1. The number of aromatic nitrogens is 5. The first kappa shape index (κ1) is 32.1. The van der Waals surface area contributed by atoms with Gasteiger partial charge in [0, 0.05) is 58.5 Å². The van der Waals surface area contributed by atoms with Gasteiger partial charge in [-0.3, -0.25) is 4.57 Å². The Labute approximate surface area is 332 Å². The Morgan fingerprint density at radius 2 is 1.07 bits per heavy atom. The molecule has 6 heteroatoms. The van der Waals surface area contributed by atoms with E-state index in [1.807, 2.05) is 29.5 Å². The zero-order valence-electron chi connectivity index (χ0n) is 30.8. The van der Waals surface area contributed by atoms with Gasteiger partial charge in [0.25, 0.3) is 0 Å². The summed E-state index contributed by atoms with van der Waals surface area (Å²) in [5, 5.41) is 7.29. The molecule has 4 heterocycles. The van der Waals surface area contributed by atoms with Crippen LogP contribution in [0.1, 0.15) is 18.7 Å². The van der Waals surface area contributed by atoms with Gasteiger partial charge in [0.05, 0.1) is 22.1 Å². The molecule has 0 unspecified atom stereocenters. The number of para-hydroxylation sites is 2. The van der Waals surface area contributed by atoms with Gasteiger partial charge >= 0.3 is 0 Å². The molecule has 0 bridgehead atoms. The van der Waals surface area contributed by atoms with Crippen LogP contribution in [0.2, 0.25) is 0 Å². The Morgan fingerprint density at radius 3 is 1.86 bits per heavy atom. The molecule has 0 amide bonds. The highest BCUT2D eigenvalue weighted by Gasteiger charge is 2.21. The Bertz CT molecular complexity index is 3470. The third kappa shape index (κ3) is 5.11. The fourth-order valence-electron chi connectivity index (χ4n) is 8.74. The summed E-state index contributed by atoms with van der Waals surface area (Å²) >= 11 is 1.86. The third-order valence-corrected chi connectivity index (χ3v) is 12.5. The fourth-order valence-corrected chi connectivity index (χ4v) is 9.83. The second kappa shape index (κ2) is 12.7. The smallest absolute Gasteiger partial charge is 0.238 e. The van der Waals surface area contributed by atoms with Crippen LogP contribution in [0.4, 0.5) is 0 Å². The van der Waals surface area contributed by atoms with E-state index in [4.69, 9.17) is 15.0 Å². The van der Waals surface area contributed by atoms with E-state index in [1.165, 1.54) is 42.1 Å². The maximum absolute atomic E-state index is 5.21. The van der Waals surface area contributed by atoms with Crippen LogP contribution >= 0.6 is 11.3 Å². The lowest BCUT2D eigenvalue weighted by atomic mass is 10.0. The minimum absolute atomic E-state index is 0.607. The average Bonchev–Trinajstić information content (AvgIpc) is 3.93. The van der Waals surface area contributed by atoms with E-state index in [0.29, 0.717) is 17.6 Å². The van der Waals surface area contributed by atoms with Crippen molar-refractivity contribution in [3.05, 3.63) is 182 Å². The van der Waals surface area contributed by atoms with Crippen LogP contribution < -0.4 is 0 Å². The van der Waals surface area contributed by atoms with Crippen LogP contribution in [0.15, 0.2) is 176 Å². The summed E-state index contributed by atoms with van der Waals surface area (Å²) in [5.74, 6) is 1.95. The van der Waals surface area contributed by atoms with E-state index in [2.05, 4.69) is 167 Å². The summed E-state index contributed by atoms with van der Waals surface area (Å²) in [6, 6.07) is 56.9. The molecule has 0 aliphatic heterocycles. The predicted octanol–water partition coefficient (Wildman–Crippen LogP) is 13.5. The summed E-state index contributed by atoms with van der Waals surface area (Å²) in [6.45, 7) is 0. The number of rotatable bonds is 5. The van der Waals surface area contributed by atoms with Crippen molar-refractivity contribution in [1.82, 2.24) is 24.1 Å². The van der Waals surface area contributed by atoms with Gasteiger partial charge < -0.3 is 4.57 Å². The van der Waals surface area contributed by atoms with Crippen molar-refractivity contribution in [1.29, 1.82) is 0 Å². The van der Waals surface area contributed by atoms with Gasteiger partial charge in [-0.05, 0) is 78.6 Å². The lowest BCUT2D eigenvalue weighted by Crippen LogP contribution is -2.08. The molecular formula is C51H33N5S. The van der Waals surface area contributed by atoms with E-state index < -0.39 is 0 Å². The molecule has 1 aliphatic rings. The van der Waals surface area contributed by atoms with Gasteiger partial charge in [-0.1, -0.05) is 121 Å². The predicted molar refractivity (Wildman–Crippen MR) is 239 cm³/mol. The lowest BCUT2D eigenvalue weighted by Gasteiger charge is -2.12. The van der Waals surface area contributed by atoms with Crippen molar-refractivity contribution in [2.24, 2.45) is 0 Å². The van der Waals surface area contributed by atoms with Crippen LogP contribution in [0.5, 0.6) is 0 Å². The Kier molecular flexibility index (Phi) is 7.16. The molecule has 0 saturated carbocycles. The number of fused-ring (bicyclic) bond motifs is 9. The monoisotopic (exact) mass is 747 g/mol. The second-order valence-corrected chi connectivity index (χ2v) is 15.8. The van der Waals surface area contributed by atoms with E-state index in [0.717, 1.165) is 62.5 Å². The van der Waals surface area contributed by atoms with Crippen molar-refractivity contribution in [2.45, 2.75) is 12.8 Å². The van der Waals surface area contributed by atoms with Gasteiger partial charge in [0.15, 0.2) is 11.6 Å². The molecule has 5 nitrogen and oxygen atoms in total. The van der Waals surface area contributed by atoms with Gasteiger partial charge in [-0.25, -0.2) is 4.98 Å². The van der Waals surface area contributed by atoms with Crippen molar-refractivity contribution in [2.75, 3.05) is 0 Å². The van der Waals surface area contributed by atoms with E-state index in [1.54, 1.807) is 0 Å². The molecule has 0 spiro atoms. The quantitative estimate of drug-likeness (QED) is 0.176. The molecule has 0 saturated heterocycles. The molecule has 0 radical (unpaired) electrons. The number of hydrogen-bond acceptors (Lipinski definition) is 4. The number of benzene rings is 7. The summed E-state index contributed by atoms with van der Waals surface area (Å²) in [5.41, 5.74) is 9.94.